The molecule has 0 aromatic heterocycles. The molecule has 0 aliphatic carbocycles. The first-order valence-corrected chi connectivity index (χ1v) is 11.5. The van der Waals surface area contributed by atoms with E-state index in [2.05, 4.69) is 36.8 Å². The number of rotatable bonds is 7. The zero-order chi connectivity index (χ0) is 18.7. The summed E-state index contributed by atoms with van der Waals surface area (Å²) in [5.41, 5.74) is 0.981. The molecule has 26 heavy (non-hydrogen) atoms. The van der Waals surface area contributed by atoms with Crippen LogP contribution in [0.5, 0.6) is 0 Å². The van der Waals surface area contributed by atoms with Gasteiger partial charge in [0.2, 0.25) is 0 Å². The minimum absolute atomic E-state index is 0.112. The fourth-order valence-electron chi connectivity index (χ4n) is 3.19. The number of carbonyl (C=O) groups is 1. The lowest BCUT2D eigenvalue weighted by molar-refractivity contribution is -0.109. The second-order valence-corrected chi connectivity index (χ2v) is 10.5. The van der Waals surface area contributed by atoms with Gasteiger partial charge in [0.1, 0.15) is 6.29 Å². The first-order chi connectivity index (χ1) is 12.4. The first kappa shape index (κ1) is 19.7. The van der Waals surface area contributed by atoms with E-state index in [1.54, 1.807) is 24.3 Å². The third-order valence-electron chi connectivity index (χ3n) is 4.58. The van der Waals surface area contributed by atoms with Crippen LogP contribution >= 0.6 is 31.9 Å². The van der Waals surface area contributed by atoms with Gasteiger partial charge in [-0.15, -0.1) is 0 Å². The molecule has 0 amide bonds. The van der Waals surface area contributed by atoms with Gasteiger partial charge in [0.15, 0.2) is 9.84 Å². The number of likely N-dealkylation sites (tertiary alicyclic amines) is 1. The van der Waals surface area contributed by atoms with E-state index in [0.717, 1.165) is 20.8 Å². The molecule has 0 spiro atoms. The lowest BCUT2D eigenvalue weighted by Crippen LogP contribution is -2.50. The van der Waals surface area contributed by atoms with E-state index >= 15 is 0 Å². The zero-order valence-electron chi connectivity index (χ0n) is 14.0. The van der Waals surface area contributed by atoms with Gasteiger partial charge in [0.25, 0.3) is 0 Å². The number of hydrogen-bond acceptors (Lipinski definition) is 4. The summed E-state index contributed by atoms with van der Waals surface area (Å²) < 4.78 is 26.8. The van der Waals surface area contributed by atoms with Crippen LogP contribution in [0.25, 0.3) is 0 Å². The van der Waals surface area contributed by atoms with Crippen molar-refractivity contribution in [3.05, 3.63) is 63.0 Å². The number of hydrogen-bond donors (Lipinski definition) is 0. The molecule has 1 saturated heterocycles. The van der Waals surface area contributed by atoms with Gasteiger partial charge < -0.3 is 9.69 Å². The van der Waals surface area contributed by atoms with E-state index in [1.165, 1.54) is 0 Å². The molecule has 0 saturated carbocycles. The van der Waals surface area contributed by atoms with Crippen molar-refractivity contribution in [2.75, 3.05) is 25.4 Å². The maximum Gasteiger partial charge on any atom is 0.178 e. The number of nitrogens with zero attached hydrogens (tertiary/aromatic N) is 1. The Hall–Kier alpha value is -1.02. The Kier molecular flexibility index (Phi) is 6.33. The van der Waals surface area contributed by atoms with E-state index in [-0.39, 0.29) is 17.6 Å². The maximum absolute atomic E-state index is 12.5. The van der Waals surface area contributed by atoms with Gasteiger partial charge in [-0.05, 0) is 47.9 Å². The molecule has 1 fully saturated rings. The van der Waals surface area contributed by atoms with Crippen LogP contribution in [0.1, 0.15) is 11.5 Å². The minimum atomic E-state index is -3.27. The average Bonchev–Trinajstić information content (AvgIpc) is 2.58. The molecule has 1 heterocycles. The summed E-state index contributed by atoms with van der Waals surface area (Å²) in [4.78, 5) is 14.0. The lowest BCUT2D eigenvalue weighted by Gasteiger charge is -2.40. The van der Waals surface area contributed by atoms with Crippen molar-refractivity contribution in [3.8, 4) is 0 Å². The summed E-state index contributed by atoms with van der Waals surface area (Å²) in [7, 11) is -3.27. The zero-order valence-corrected chi connectivity index (χ0v) is 18.0. The molecule has 0 N–H and O–H groups in total. The number of sulfone groups is 1. The highest BCUT2D eigenvalue weighted by Crippen LogP contribution is 2.26. The monoisotopic (exact) mass is 499 g/mol. The van der Waals surface area contributed by atoms with E-state index in [0.29, 0.717) is 24.5 Å². The predicted molar refractivity (Wildman–Crippen MR) is 109 cm³/mol. The fraction of sp³-hybridized carbons (Fsp3) is 0.316. The summed E-state index contributed by atoms with van der Waals surface area (Å²) in [6, 6.07) is 14.5. The average molecular weight is 501 g/mol. The van der Waals surface area contributed by atoms with Crippen LogP contribution in [0.3, 0.4) is 0 Å². The minimum Gasteiger partial charge on any atom is -0.303 e. The first-order valence-electron chi connectivity index (χ1n) is 8.29. The molecule has 0 radical (unpaired) electrons. The molecule has 3 rings (SSSR count). The highest BCUT2D eigenvalue weighted by Gasteiger charge is 2.33. The highest BCUT2D eigenvalue weighted by atomic mass is 79.9. The van der Waals surface area contributed by atoms with E-state index < -0.39 is 9.84 Å². The molecule has 1 unspecified atom stereocenters. The van der Waals surface area contributed by atoms with Crippen molar-refractivity contribution >= 4 is 48.0 Å². The van der Waals surface area contributed by atoms with Crippen LogP contribution in [-0.2, 0) is 14.6 Å². The summed E-state index contributed by atoms with van der Waals surface area (Å²) in [6.07, 6.45) is 0.967. The Morgan fingerprint density at radius 3 is 2.08 bits per heavy atom. The smallest absolute Gasteiger partial charge is 0.178 e. The fourth-order valence-corrected chi connectivity index (χ4v) is 5.30. The molecular formula is C19H19Br2NO3S. The van der Waals surface area contributed by atoms with E-state index in [9.17, 15) is 13.2 Å². The Morgan fingerprint density at radius 2 is 1.54 bits per heavy atom. The third kappa shape index (κ3) is 4.82. The molecule has 4 nitrogen and oxygen atoms in total. The van der Waals surface area contributed by atoms with Gasteiger partial charge in [-0.3, -0.25) is 0 Å². The van der Waals surface area contributed by atoms with Gasteiger partial charge in [0, 0.05) is 28.6 Å². The molecule has 0 bridgehead atoms. The van der Waals surface area contributed by atoms with Gasteiger partial charge in [-0.25, -0.2) is 8.42 Å². The van der Waals surface area contributed by atoms with Crippen molar-refractivity contribution in [1.29, 1.82) is 0 Å². The second kappa shape index (κ2) is 8.33. The molecule has 2 aromatic rings. The number of benzene rings is 2. The predicted octanol–water partition coefficient (Wildman–Crippen LogP) is 3.90. The van der Waals surface area contributed by atoms with Crippen LogP contribution in [0.15, 0.2) is 62.4 Å². The molecule has 2 aromatic carbocycles. The van der Waals surface area contributed by atoms with Crippen molar-refractivity contribution in [2.24, 2.45) is 5.92 Å². The molecule has 7 heteroatoms. The maximum atomic E-state index is 12.5. The molecule has 1 atom stereocenters. The van der Waals surface area contributed by atoms with Crippen molar-refractivity contribution in [1.82, 2.24) is 4.90 Å². The molecule has 1 aliphatic heterocycles. The summed E-state index contributed by atoms with van der Waals surface area (Å²) >= 11 is 6.71. The Labute approximate surface area is 170 Å². The summed E-state index contributed by atoms with van der Waals surface area (Å²) in [5, 5.41) is 0. The van der Waals surface area contributed by atoms with Crippen LogP contribution < -0.4 is 0 Å². The Balaban J connectivity index is 1.54. The van der Waals surface area contributed by atoms with Crippen molar-refractivity contribution in [3.63, 3.8) is 0 Å². The van der Waals surface area contributed by atoms with Gasteiger partial charge in [0.05, 0.1) is 16.6 Å². The highest BCUT2D eigenvalue weighted by molar-refractivity contribution is 9.10. The number of aldehydes is 1. The normalized spacial score (nSPS) is 16.8. The van der Waals surface area contributed by atoms with Crippen molar-refractivity contribution in [2.45, 2.75) is 10.8 Å². The lowest BCUT2D eigenvalue weighted by atomic mass is 9.96. The van der Waals surface area contributed by atoms with Crippen LogP contribution in [0.4, 0.5) is 0 Å². The van der Waals surface area contributed by atoms with E-state index in [1.807, 2.05) is 24.3 Å². The summed E-state index contributed by atoms with van der Waals surface area (Å²) in [6.45, 7) is 2.03. The van der Waals surface area contributed by atoms with Crippen LogP contribution in [-0.4, -0.2) is 45.0 Å². The Morgan fingerprint density at radius 1 is 1.00 bits per heavy atom. The van der Waals surface area contributed by atoms with Crippen LogP contribution in [0.2, 0.25) is 0 Å². The largest absolute Gasteiger partial charge is 0.303 e. The second-order valence-electron chi connectivity index (χ2n) is 6.61. The van der Waals surface area contributed by atoms with E-state index in [4.69, 9.17) is 0 Å². The van der Waals surface area contributed by atoms with Gasteiger partial charge in [-0.1, -0.05) is 44.0 Å². The molecule has 1 aliphatic rings. The Bertz CT molecular complexity index is 861. The van der Waals surface area contributed by atoms with Crippen LogP contribution in [0, 0.1) is 5.92 Å². The summed E-state index contributed by atoms with van der Waals surface area (Å²) in [5.74, 6) is 0.0721. The topological polar surface area (TPSA) is 54.5 Å². The SMILES string of the molecule is O=CC(CN1CC(CS(=O)(=O)c2ccc(Br)cc2)C1)c1ccc(Br)cc1. The standard InChI is InChI=1S/C19H19Br2NO3S/c20-17-3-1-15(2-4-17)16(12-23)11-22-9-14(10-22)13-26(24,25)19-7-5-18(21)6-8-19/h1-8,12,14,16H,9-11,13H2. The molecular weight excluding hydrogens is 482 g/mol. The quantitative estimate of drug-likeness (QED) is 0.541. The van der Waals surface area contributed by atoms with Crippen molar-refractivity contribution < 1.29 is 13.2 Å². The third-order valence-corrected chi connectivity index (χ3v) is 7.54. The number of carbonyl (C=O) groups excluding carboxylic acids is 1. The van der Waals surface area contributed by atoms with Gasteiger partial charge >= 0.3 is 0 Å². The van der Waals surface area contributed by atoms with Gasteiger partial charge in [-0.2, -0.15) is 0 Å². The molecule has 138 valence electrons. The number of halogens is 2.